The van der Waals surface area contributed by atoms with Crippen LogP contribution in [0.1, 0.15) is 18.2 Å². The molecule has 0 aromatic carbocycles. The quantitative estimate of drug-likeness (QED) is 0.911. The molecule has 1 fully saturated rings. The van der Waals surface area contributed by atoms with Crippen molar-refractivity contribution < 1.29 is 0 Å². The second-order valence-corrected chi connectivity index (χ2v) is 5.27. The molecule has 0 bridgehead atoms. The molecule has 19 heavy (non-hydrogen) atoms. The molecule has 3 heterocycles. The molecule has 1 aliphatic heterocycles. The smallest absolute Gasteiger partial charge is 0.136 e. The van der Waals surface area contributed by atoms with E-state index in [0.717, 1.165) is 31.8 Å². The predicted molar refractivity (Wildman–Crippen MR) is 79.9 cm³/mol. The Morgan fingerprint density at radius 1 is 1.42 bits per heavy atom. The monoisotopic (exact) mass is 280 g/mol. The van der Waals surface area contributed by atoms with Gasteiger partial charge in [0.1, 0.15) is 5.65 Å². The summed E-state index contributed by atoms with van der Waals surface area (Å²) < 4.78 is 2.21. The van der Waals surface area contributed by atoms with Gasteiger partial charge < -0.3 is 9.72 Å². The molecule has 0 aliphatic carbocycles. The standard InChI is InChI=1S/C14H20N4.ClH/c1-11-3-4-14-16-7-13(18(14)8-11)10-17-6-5-15-12(2)9-17;/h3-4,7-8,12,15H,5-6,9-10H2,1-2H3;1H. The number of aromatic nitrogens is 2. The Kier molecular flexibility index (Phi) is 4.45. The highest BCUT2D eigenvalue weighted by Gasteiger charge is 2.16. The molecule has 1 unspecified atom stereocenters. The summed E-state index contributed by atoms with van der Waals surface area (Å²) in [6.07, 6.45) is 4.17. The Morgan fingerprint density at radius 3 is 3.05 bits per heavy atom. The van der Waals surface area contributed by atoms with Crippen LogP contribution in [0.2, 0.25) is 0 Å². The van der Waals surface area contributed by atoms with Gasteiger partial charge in [0.2, 0.25) is 0 Å². The van der Waals surface area contributed by atoms with Gasteiger partial charge in [0, 0.05) is 38.4 Å². The normalized spacial score (nSPS) is 20.4. The minimum Gasteiger partial charge on any atom is -0.312 e. The zero-order chi connectivity index (χ0) is 12.5. The van der Waals surface area contributed by atoms with Gasteiger partial charge in [-0.15, -0.1) is 12.4 Å². The van der Waals surface area contributed by atoms with Gasteiger partial charge in [0.25, 0.3) is 0 Å². The minimum absolute atomic E-state index is 0. The number of nitrogens with one attached hydrogen (secondary N) is 1. The maximum atomic E-state index is 4.46. The van der Waals surface area contributed by atoms with Crippen molar-refractivity contribution in [1.82, 2.24) is 19.6 Å². The fourth-order valence-electron chi connectivity index (χ4n) is 2.64. The maximum absolute atomic E-state index is 4.46. The predicted octanol–water partition coefficient (Wildman–Crippen LogP) is 1.86. The van der Waals surface area contributed by atoms with Crippen molar-refractivity contribution in [2.75, 3.05) is 19.6 Å². The third-order valence-electron chi connectivity index (χ3n) is 3.57. The number of rotatable bonds is 2. The highest BCUT2D eigenvalue weighted by atomic mass is 35.5. The molecule has 4 nitrogen and oxygen atoms in total. The molecule has 0 radical (unpaired) electrons. The summed E-state index contributed by atoms with van der Waals surface area (Å²) in [6, 6.07) is 4.78. The summed E-state index contributed by atoms with van der Waals surface area (Å²) in [6.45, 7) is 8.65. The number of halogens is 1. The number of hydrogen-bond donors (Lipinski definition) is 1. The Labute approximate surface area is 120 Å². The molecule has 2 aromatic heterocycles. The first-order chi connectivity index (χ1) is 8.72. The first-order valence-corrected chi connectivity index (χ1v) is 6.61. The van der Waals surface area contributed by atoms with Crippen LogP contribution >= 0.6 is 12.4 Å². The topological polar surface area (TPSA) is 32.6 Å². The largest absolute Gasteiger partial charge is 0.312 e. The van der Waals surface area contributed by atoms with Crippen LogP contribution in [-0.4, -0.2) is 40.0 Å². The Hall–Kier alpha value is -1.10. The number of fused-ring (bicyclic) bond motifs is 1. The van der Waals surface area contributed by atoms with Gasteiger partial charge in [0.05, 0.1) is 11.9 Å². The van der Waals surface area contributed by atoms with E-state index in [1.165, 1.54) is 11.3 Å². The Bertz CT molecular complexity index is 551. The molecule has 1 N–H and O–H groups in total. The zero-order valence-electron chi connectivity index (χ0n) is 11.5. The molecule has 1 aliphatic rings. The van der Waals surface area contributed by atoms with E-state index in [1.807, 2.05) is 6.20 Å². The van der Waals surface area contributed by atoms with E-state index in [9.17, 15) is 0 Å². The van der Waals surface area contributed by atoms with Crippen molar-refractivity contribution in [2.24, 2.45) is 0 Å². The molecule has 104 valence electrons. The van der Waals surface area contributed by atoms with Crippen LogP contribution in [0.25, 0.3) is 5.65 Å². The number of hydrogen-bond acceptors (Lipinski definition) is 3. The molecule has 2 aromatic rings. The highest BCUT2D eigenvalue weighted by Crippen LogP contribution is 2.12. The van der Waals surface area contributed by atoms with Crippen LogP contribution < -0.4 is 5.32 Å². The molecule has 1 atom stereocenters. The lowest BCUT2D eigenvalue weighted by atomic mass is 10.2. The van der Waals surface area contributed by atoms with E-state index < -0.39 is 0 Å². The van der Waals surface area contributed by atoms with Crippen molar-refractivity contribution >= 4 is 18.1 Å². The summed E-state index contributed by atoms with van der Waals surface area (Å²) in [5, 5.41) is 3.47. The fraction of sp³-hybridized carbons (Fsp3) is 0.500. The minimum atomic E-state index is 0. The van der Waals surface area contributed by atoms with Gasteiger partial charge in [-0.25, -0.2) is 4.98 Å². The average Bonchev–Trinajstić information content (AvgIpc) is 2.72. The Morgan fingerprint density at radius 2 is 2.26 bits per heavy atom. The number of pyridine rings is 1. The molecule has 0 spiro atoms. The lowest BCUT2D eigenvalue weighted by Gasteiger charge is -2.31. The van der Waals surface area contributed by atoms with E-state index in [0.29, 0.717) is 6.04 Å². The zero-order valence-corrected chi connectivity index (χ0v) is 12.3. The molecule has 3 rings (SSSR count). The molecule has 1 saturated heterocycles. The third kappa shape index (κ3) is 3.08. The second kappa shape index (κ2) is 5.90. The van der Waals surface area contributed by atoms with E-state index >= 15 is 0 Å². The van der Waals surface area contributed by atoms with Crippen LogP contribution in [0.5, 0.6) is 0 Å². The first kappa shape index (κ1) is 14.3. The van der Waals surface area contributed by atoms with Gasteiger partial charge in [-0.3, -0.25) is 4.90 Å². The number of nitrogens with zero attached hydrogens (tertiary/aromatic N) is 3. The van der Waals surface area contributed by atoms with E-state index in [2.05, 4.69) is 51.8 Å². The van der Waals surface area contributed by atoms with Gasteiger partial charge in [-0.1, -0.05) is 6.07 Å². The van der Waals surface area contributed by atoms with Gasteiger partial charge in [-0.2, -0.15) is 0 Å². The van der Waals surface area contributed by atoms with Crippen molar-refractivity contribution in [3.8, 4) is 0 Å². The SMILES string of the molecule is Cc1ccc2ncc(CN3CCNC(C)C3)n2c1.Cl. The van der Waals surface area contributed by atoms with E-state index in [1.54, 1.807) is 0 Å². The fourth-order valence-corrected chi connectivity index (χ4v) is 2.64. The second-order valence-electron chi connectivity index (χ2n) is 5.27. The molecular formula is C14H21ClN4. The van der Waals surface area contributed by atoms with E-state index in [4.69, 9.17) is 0 Å². The summed E-state index contributed by atoms with van der Waals surface area (Å²) in [4.78, 5) is 6.96. The Balaban J connectivity index is 0.00000133. The van der Waals surface area contributed by atoms with Crippen LogP contribution in [0.15, 0.2) is 24.5 Å². The molecule has 5 heteroatoms. The van der Waals surface area contributed by atoms with E-state index in [-0.39, 0.29) is 12.4 Å². The summed E-state index contributed by atoms with van der Waals surface area (Å²) in [7, 11) is 0. The van der Waals surface area contributed by atoms with Crippen LogP contribution in [0.4, 0.5) is 0 Å². The van der Waals surface area contributed by atoms with Gasteiger partial charge >= 0.3 is 0 Å². The molecular weight excluding hydrogens is 260 g/mol. The molecule has 0 saturated carbocycles. The number of imidazole rings is 1. The van der Waals surface area contributed by atoms with Crippen molar-refractivity contribution in [2.45, 2.75) is 26.4 Å². The number of aryl methyl sites for hydroxylation is 1. The van der Waals surface area contributed by atoms with Crippen LogP contribution in [-0.2, 0) is 6.54 Å². The van der Waals surface area contributed by atoms with Gasteiger partial charge in [-0.05, 0) is 25.5 Å². The van der Waals surface area contributed by atoms with Crippen LogP contribution in [0, 0.1) is 6.92 Å². The summed E-state index contributed by atoms with van der Waals surface area (Å²) in [5.74, 6) is 0. The van der Waals surface area contributed by atoms with Crippen molar-refractivity contribution in [1.29, 1.82) is 0 Å². The van der Waals surface area contributed by atoms with Gasteiger partial charge in [0.15, 0.2) is 0 Å². The third-order valence-corrected chi connectivity index (χ3v) is 3.57. The summed E-state index contributed by atoms with van der Waals surface area (Å²) in [5.41, 5.74) is 3.59. The lowest BCUT2D eigenvalue weighted by Crippen LogP contribution is -2.48. The summed E-state index contributed by atoms with van der Waals surface area (Å²) >= 11 is 0. The lowest BCUT2D eigenvalue weighted by molar-refractivity contribution is 0.197. The highest BCUT2D eigenvalue weighted by molar-refractivity contribution is 5.85. The van der Waals surface area contributed by atoms with Crippen molar-refractivity contribution in [3.05, 3.63) is 35.8 Å². The van der Waals surface area contributed by atoms with Crippen LogP contribution in [0.3, 0.4) is 0 Å². The maximum Gasteiger partial charge on any atom is 0.136 e. The molecule has 0 amide bonds. The first-order valence-electron chi connectivity index (χ1n) is 6.61. The number of piperazine rings is 1. The van der Waals surface area contributed by atoms with Crippen molar-refractivity contribution in [3.63, 3.8) is 0 Å². The average molecular weight is 281 g/mol.